The fourth-order valence-electron chi connectivity index (χ4n) is 1.81. The summed E-state index contributed by atoms with van der Waals surface area (Å²) in [4.78, 5) is 0. The highest BCUT2D eigenvalue weighted by atomic mass is 19.2. The lowest BCUT2D eigenvalue weighted by molar-refractivity contribution is 0.381. The van der Waals surface area contributed by atoms with Crippen LogP contribution in [0, 0.1) is 46.2 Å². The molecule has 0 N–H and O–H groups in total. The van der Waals surface area contributed by atoms with E-state index < -0.39 is 46.0 Å². The van der Waals surface area contributed by atoms with Crippen LogP contribution in [0.15, 0.2) is 18.2 Å². The number of nitrogens with zero attached hydrogens (tertiary/aromatic N) is 1. The molecule has 0 spiro atoms. The van der Waals surface area contributed by atoms with E-state index in [1.54, 1.807) is 6.07 Å². The first-order valence-corrected chi connectivity index (χ1v) is 5.55. The smallest absolute Gasteiger partial charge is 0.200 e. The zero-order valence-corrected chi connectivity index (χ0v) is 10.2. The maximum atomic E-state index is 13.7. The second-order valence-electron chi connectivity index (χ2n) is 4.09. The number of hydrogen-bond acceptors (Lipinski definition) is 1. The van der Waals surface area contributed by atoms with Gasteiger partial charge in [-0.2, -0.15) is 5.26 Å². The molecule has 0 atom stereocenters. The van der Waals surface area contributed by atoms with E-state index in [1.165, 1.54) is 6.07 Å². The Bertz CT molecular complexity index is 734. The van der Waals surface area contributed by atoms with Gasteiger partial charge in [-0.25, -0.2) is 26.3 Å². The fraction of sp³-hybridized carbons (Fsp3) is 0.0714. The summed E-state index contributed by atoms with van der Waals surface area (Å²) in [6, 6.07) is 4.56. The average molecular weight is 301 g/mol. The van der Waals surface area contributed by atoms with Crippen molar-refractivity contribution in [3.8, 4) is 17.2 Å². The van der Waals surface area contributed by atoms with E-state index in [1.807, 2.05) is 0 Å². The summed E-state index contributed by atoms with van der Waals surface area (Å²) in [5.74, 6) is -12.1. The quantitative estimate of drug-likeness (QED) is 0.462. The Morgan fingerprint density at radius 1 is 0.810 bits per heavy atom. The number of rotatable bonds is 2. The predicted octanol–water partition coefficient (Wildman–Crippen LogP) is 4.25. The van der Waals surface area contributed by atoms with Crippen LogP contribution in [0.3, 0.4) is 0 Å². The molecule has 0 unspecified atom stereocenters. The normalized spacial score (nSPS) is 10.5. The first-order valence-electron chi connectivity index (χ1n) is 5.55. The van der Waals surface area contributed by atoms with Crippen LogP contribution >= 0.6 is 0 Å². The summed E-state index contributed by atoms with van der Waals surface area (Å²) in [5.41, 5.74) is -1.97. The van der Waals surface area contributed by atoms with Crippen molar-refractivity contribution in [1.82, 2.24) is 0 Å². The summed E-state index contributed by atoms with van der Waals surface area (Å²) >= 11 is 0. The molecule has 0 bridgehead atoms. The lowest BCUT2D eigenvalue weighted by Crippen LogP contribution is -2.05. The molecule has 0 saturated carbocycles. The van der Waals surface area contributed by atoms with Gasteiger partial charge in [0.05, 0.1) is 18.1 Å². The SMILES string of the molecule is N#CCc1ccc(F)c(-c2c(F)c(F)c(F)c(F)c2F)c1. The van der Waals surface area contributed by atoms with Crippen molar-refractivity contribution in [1.29, 1.82) is 5.26 Å². The highest BCUT2D eigenvalue weighted by Crippen LogP contribution is 2.33. The van der Waals surface area contributed by atoms with Crippen molar-refractivity contribution < 1.29 is 26.3 Å². The first kappa shape index (κ1) is 14.9. The Balaban J connectivity index is 2.79. The molecule has 2 aromatic rings. The minimum atomic E-state index is -2.32. The van der Waals surface area contributed by atoms with E-state index in [4.69, 9.17) is 5.26 Å². The first-order chi connectivity index (χ1) is 9.88. The molecule has 2 aromatic carbocycles. The predicted molar refractivity (Wildman–Crippen MR) is 60.9 cm³/mol. The van der Waals surface area contributed by atoms with Crippen LogP contribution in [0.4, 0.5) is 26.3 Å². The van der Waals surface area contributed by atoms with Gasteiger partial charge in [-0.05, 0) is 17.7 Å². The Hall–Kier alpha value is -2.49. The van der Waals surface area contributed by atoms with Crippen LogP contribution in [0.5, 0.6) is 0 Å². The largest absolute Gasteiger partial charge is 0.206 e. The molecule has 108 valence electrons. The monoisotopic (exact) mass is 301 g/mol. The lowest BCUT2D eigenvalue weighted by atomic mass is 9.99. The number of halogens is 6. The molecule has 2 rings (SSSR count). The van der Waals surface area contributed by atoms with Crippen molar-refractivity contribution >= 4 is 0 Å². The van der Waals surface area contributed by atoms with Gasteiger partial charge in [-0.15, -0.1) is 0 Å². The molecule has 21 heavy (non-hydrogen) atoms. The number of hydrogen-bond donors (Lipinski definition) is 0. The molecule has 0 fully saturated rings. The van der Waals surface area contributed by atoms with Gasteiger partial charge in [0.1, 0.15) is 5.82 Å². The van der Waals surface area contributed by atoms with Gasteiger partial charge < -0.3 is 0 Å². The Kier molecular flexibility index (Phi) is 3.89. The molecule has 0 aliphatic heterocycles. The summed E-state index contributed by atoms with van der Waals surface area (Å²) < 4.78 is 80.1. The molecule has 1 nitrogen and oxygen atoms in total. The molecular weight excluding hydrogens is 296 g/mol. The second kappa shape index (κ2) is 5.48. The van der Waals surface area contributed by atoms with Gasteiger partial charge in [-0.3, -0.25) is 0 Å². The van der Waals surface area contributed by atoms with E-state index in [-0.39, 0.29) is 12.0 Å². The third kappa shape index (κ3) is 2.44. The van der Waals surface area contributed by atoms with Gasteiger partial charge in [0.2, 0.25) is 5.82 Å². The maximum absolute atomic E-state index is 13.7. The van der Waals surface area contributed by atoms with E-state index in [0.717, 1.165) is 12.1 Å². The Morgan fingerprint density at radius 2 is 1.33 bits per heavy atom. The highest BCUT2D eigenvalue weighted by molar-refractivity contribution is 5.67. The minimum Gasteiger partial charge on any atom is -0.206 e. The van der Waals surface area contributed by atoms with Crippen LogP contribution < -0.4 is 0 Å². The molecular formula is C14H5F6N. The van der Waals surface area contributed by atoms with Gasteiger partial charge in [0, 0.05) is 5.56 Å². The number of benzene rings is 2. The molecule has 0 amide bonds. The molecule has 0 aliphatic rings. The molecule has 0 saturated heterocycles. The molecule has 0 aliphatic carbocycles. The summed E-state index contributed by atoms with van der Waals surface area (Å²) in [6.45, 7) is 0. The van der Waals surface area contributed by atoms with E-state index in [9.17, 15) is 26.3 Å². The van der Waals surface area contributed by atoms with Gasteiger partial charge in [-0.1, -0.05) is 6.07 Å². The maximum Gasteiger partial charge on any atom is 0.200 e. The highest BCUT2D eigenvalue weighted by Gasteiger charge is 2.28. The molecule has 0 aromatic heterocycles. The topological polar surface area (TPSA) is 23.8 Å². The van der Waals surface area contributed by atoms with Crippen LogP contribution in [-0.4, -0.2) is 0 Å². The van der Waals surface area contributed by atoms with E-state index in [2.05, 4.69) is 0 Å². The lowest BCUT2D eigenvalue weighted by Gasteiger charge is -2.10. The van der Waals surface area contributed by atoms with Gasteiger partial charge in [0.15, 0.2) is 23.3 Å². The van der Waals surface area contributed by atoms with Crippen molar-refractivity contribution in [3.05, 3.63) is 58.7 Å². The number of nitriles is 1. The molecule has 0 radical (unpaired) electrons. The molecule has 0 heterocycles. The van der Waals surface area contributed by atoms with Crippen LogP contribution in [-0.2, 0) is 6.42 Å². The molecule has 7 heteroatoms. The zero-order valence-electron chi connectivity index (χ0n) is 10.2. The Morgan fingerprint density at radius 3 is 1.86 bits per heavy atom. The van der Waals surface area contributed by atoms with Gasteiger partial charge >= 0.3 is 0 Å². The summed E-state index contributed by atoms with van der Waals surface area (Å²) in [6.07, 6.45) is -0.206. The second-order valence-corrected chi connectivity index (χ2v) is 4.09. The fourth-order valence-corrected chi connectivity index (χ4v) is 1.81. The van der Waals surface area contributed by atoms with Crippen molar-refractivity contribution in [2.75, 3.05) is 0 Å². The van der Waals surface area contributed by atoms with Crippen LogP contribution in [0.2, 0.25) is 0 Å². The van der Waals surface area contributed by atoms with Crippen LogP contribution in [0.1, 0.15) is 5.56 Å². The zero-order chi connectivity index (χ0) is 15.7. The minimum absolute atomic E-state index is 0.179. The summed E-state index contributed by atoms with van der Waals surface area (Å²) in [5, 5.41) is 8.52. The third-order valence-corrected chi connectivity index (χ3v) is 2.79. The van der Waals surface area contributed by atoms with E-state index >= 15 is 0 Å². The van der Waals surface area contributed by atoms with Crippen LogP contribution in [0.25, 0.3) is 11.1 Å². The average Bonchev–Trinajstić information content (AvgIpc) is 2.47. The van der Waals surface area contributed by atoms with E-state index in [0.29, 0.717) is 0 Å². The van der Waals surface area contributed by atoms with Crippen molar-refractivity contribution in [3.63, 3.8) is 0 Å². The van der Waals surface area contributed by atoms with Crippen molar-refractivity contribution in [2.45, 2.75) is 6.42 Å². The Labute approximate surface area is 115 Å². The van der Waals surface area contributed by atoms with Gasteiger partial charge in [0.25, 0.3) is 0 Å². The summed E-state index contributed by atoms with van der Waals surface area (Å²) in [7, 11) is 0. The third-order valence-electron chi connectivity index (χ3n) is 2.79. The van der Waals surface area contributed by atoms with Crippen molar-refractivity contribution in [2.24, 2.45) is 0 Å². The standard InChI is InChI=1S/C14H5F6N/c15-8-2-1-6(3-4-21)5-7(8)9-10(16)12(18)14(20)13(19)11(9)17/h1-2,5H,3H2.